The van der Waals surface area contributed by atoms with Crippen LogP contribution in [0.3, 0.4) is 0 Å². The molecule has 86 valence electrons. The Balaban J connectivity index is 2.66. The predicted octanol–water partition coefficient (Wildman–Crippen LogP) is 1.91. The van der Waals surface area contributed by atoms with E-state index in [9.17, 15) is 10.2 Å². The van der Waals surface area contributed by atoms with Crippen molar-refractivity contribution in [2.45, 2.75) is 19.9 Å². The largest absolute Gasteiger partial charge is 0.508 e. The second-order valence-electron chi connectivity index (χ2n) is 3.94. The van der Waals surface area contributed by atoms with Gasteiger partial charge in [-0.2, -0.15) is 5.26 Å². The second-order valence-corrected chi connectivity index (χ2v) is 3.94. The van der Waals surface area contributed by atoms with E-state index in [1.54, 1.807) is 12.1 Å². The van der Waals surface area contributed by atoms with Crippen molar-refractivity contribution in [3.8, 4) is 17.6 Å². The molecule has 0 spiro atoms. The van der Waals surface area contributed by atoms with Crippen LogP contribution in [0.1, 0.15) is 25.5 Å². The van der Waals surface area contributed by atoms with Crippen LogP contribution in [0.25, 0.3) is 0 Å². The Hall–Kier alpha value is -1.73. The number of phenolic OH excluding ortho intramolecular Hbond substituents is 2. The number of aromatic hydroxyl groups is 2. The smallest absolute Gasteiger partial charge is 0.119 e. The molecule has 0 aromatic heterocycles. The summed E-state index contributed by atoms with van der Waals surface area (Å²) in [6.07, 6.45) is 0. The standard InChI is InChI=1S/C12H16N2O2/c1-8(6-13)7-14-9(2)10-3-11(15)5-12(16)4-10/h3-5,8-9,14-16H,7H2,1-2H3. The van der Waals surface area contributed by atoms with Gasteiger partial charge < -0.3 is 15.5 Å². The molecule has 16 heavy (non-hydrogen) atoms. The van der Waals surface area contributed by atoms with Crippen LogP contribution in [0, 0.1) is 17.2 Å². The zero-order valence-electron chi connectivity index (χ0n) is 9.44. The van der Waals surface area contributed by atoms with E-state index in [0.717, 1.165) is 5.56 Å². The Labute approximate surface area is 95.2 Å². The topological polar surface area (TPSA) is 76.3 Å². The van der Waals surface area contributed by atoms with Crippen molar-refractivity contribution < 1.29 is 10.2 Å². The molecule has 3 N–H and O–H groups in total. The number of nitrogens with one attached hydrogen (secondary N) is 1. The molecule has 0 saturated heterocycles. The molecule has 0 aliphatic heterocycles. The summed E-state index contributed by atoms with van der Waals surface area (Å²) >= 11 is 0. The monoisotopic (exact) mass is 220 g/mol. The van der Waals surface area contributed by atoms with E-state index >= 15 is 0 Å². The highest BCUT2D eigenvalue weighted by Crippen LogP contribution is 2.24. The summed E-state index contributed by atoms with van der Waals surface area (Å²) in [5.74, 6) is 0.0160. The molecule has 2 atom stereocenters. The molecule has 0 heterocycles. The van der Waals surface area contributed by atoms with E-state index < -0.39 is 0 Å². The minimum Gasteiger partial charge on any atom is -0.508 e. The first kappa shape index (κ1) is 12.3. The van der Waals surface area contributed by atoms with Crippen LogP contribution >= 0.6 is 0 Å². The third kappa shape index (κ3) is 3.44. The highest BCUT2D eigenvalue weighted by molar-refractivity contribution is 5.37. The van der Waals surface area contributed by atoms with E-state index in [0.29, 0.717) is 6.54 Å². The lowest BCUT2D eigenvalue weighted by atomic mass is 10.1. The highest BCUT2D eigenvalue weighted by atomic mass is 16.3. The fourth-order valence-electron chi connectivity index (χ4n) is 1.39. The molecule has 0 saturated carbocycles. The van der Waals surface area contributed by atoms with Gasteiger partial charge in [-0.3, -0.25) is 0 Å². The predicted molar refractivity (Wildman–Crippen MR) is 61.0 cm³/mol. The molecule has 2 unspecified atom stereocenters. The summed E-state index contributed by atoms with van der Waals surface area (Å²) < 4.78 is 0. The highest BCUT2D eigenvalue weighted by Gasteiger charge is 2.09. The fourth-order valence-corrected chi connectivity index (χ4v) is 1.39. The first-order valence-electron chi connectivity index (χ1n) is 5.19. The summed E-state index contributed by atoms with van der Waals surface area (Å²) in [4.78, 5) is 0. The minimum atomic E-state index is -0.0617. The van der Waals surface area contributed by atoms with Gasteiger partial charge in [0.05, 0.1) is 12.0 Å². The number of hydrogen-bond acceptors (Lipinski definition) is 4. The van der Waals surface area contributed by atoms with Gasteiger partial charge in [-0.15, -0.1) is 0 Å². The molecule has 1 aromatic rings. The molecule has 0 radical (unpaired) electrons. The molecule has 0 amide bonds. The summed E-state index contributed by atoms with van der Waals surface area (Å²) in [7, 11) is 0. The minimum absolute atomic E-state index is 0.0196. The summed E-state index contributed by atoms with van der Waals surface area (Å²) in [6.45, 7) is 4.33. The fraction of sp³-hybridized carbons (Fsp3) is 0.417. The molecular weight excluding hydrogens is 204 g/mol. The van der Waals surface area contributed by atoms with Crippen LogP contribution in [-0.2, 0) is 0 Å². The van der Waals surface area contributed by atoms with Crippen molar-refractivity contribution in [2.24, 2.45) is 5.92 Å². The van der Waals surface area contributed by atoms with Crippen molar-refractivity contribution in [3.63, 3.8) is 0 Å². The average molecular weight is 220 g/mol. The lowest BCUT2D eigenvalue weighted by molar-refractivity contribution is 0.445. The van der Waals surface area contributed by atoms with Gasteiger partial charge in [-0.05, 0) is 31.5 Å². The van der Waals surface area contributed by atoms with Crippen LogP contribution in [0.2, 0.25) is 0 Å². The molecule has 4 nitrogen and oxygen atoms in total. The second kappa shape index (κ2) is 5.38. The summed E-state index contributed by atoms with van der Waals surface area (Å²) in [5, 5.41) is 30.4. The molecule has 0 aliphatic rings. The summed E-state index contributed by atoms with van der Waals surface area (Å²) in [5.41, 5.74) is 0.794. The lowest BCUT2D eigenvalue weighted by Crippen LogP contribution is -2.23. The van der Waals surface area contributed by atoms with Crippen LogP contribution in [0.15, 0.2) is 18.2 Å². The van der Waals surface area contributed by atoms with Crippen molar-refractivity contribution in [3.05, 3.63) is 23.8 Å². The zero-order valence-corrected chi connectivity index (χ0v) is 9.44. The summed E-state index contributed by atoms with van der Waals surface area (Å²) in [6, 6.07) is 6.58. The van der Waals surface area contributed by atoms with Gasteiger partial charge >= 0.3 is 0 Å². The van der Waals surface area contributed by atoms with Gasteiger partial charge in [0.15, 0.2) is 0 Å². The molecular formula is C12H16N2O2. The molecule has 1 rings (SSSR count). The van der Waals surface area contributed by atoms with Gasteiger partial charge in [0.25, 0.3) is 0 Å². The molecule has 0 bridgehead atoms. The quantitative estimate of drug-likeness (QED) is 0.724. The van der Waals surface area contributed by atoms with E-state index in [1.807, 2.05) is 13.8 Å². The molecule has 4 heteroatoms. The Morgan fingerprint density at radius 1 is 1.25 bits per heavy atom. The van der Waals surface area contributed by atoms with Crippen LogP contribution in [0.4, 0.5) is 0 Å². The third-order valence-corrected chi connectivity index (χ3v) is 2.38. The Bertz CT molecular complexity index is 378. The van der Waals surface area contributed by atoms with Crippen molar-refractivity contribution in [1.82, 2.24) is 5.32 Å². The maximum atomic E-state index is 9.33. The van der Waals surface area contributed by atoms with E-state index in [-0.39, 0.29) is 23.5 Å². The van der Waals surface area contributed by atoms with Gasteiger partial charge in [0.1, 0.15) is 11.5 Å². The number of phenols is 2. The molecule has 0 fully saturated rings. The Morgan fingerprint density at radius 3 is 2.31 bits per heavy atom. The average Bonchev–Trinajstić information content (AvgIpc) is 2.23. The molecule has 0 aliphatic carbocycles. The number of benzene rings is 1. The number of rotatable bonds is 4. The van der Waals surface area contributed by atoms with E-state index in [1.165, 1.54) is 6.07 Å². The Morgan fingerprint density at radius 2 is 1.81 bits per heavy atom. The Kier molecular flexibility index (Phi) is 4.15. The number of nitrogens with zero attached hydrogens (tertiary/aromatic N) is 1. The van der Waals surface area contributed by atoms with E-state index in [4.69, 9.17) is 5.26 Å². The van der Waals surface area contributed by atoms with Crippen LogP contribution < -0.4 is 5.32 Å². The first-order valence-corrected chi connectivity index (χ1v) is 5.19. The third-order valence-electron chi connectivity index (χ3n) is 2.38. The zero-order chi connectivity index (χ0) is 12.1. The van der Waals surface area contributed by atoms with Crippen LogP contribution in [-0.4, -0.2) is 16.8 Å². The van der Waals surface area contributed by atoms with Crippen molar-refractivity contribution >= 4 is 0 Å². The SMILES string of the molecule is CC(C#N)CNC(C)c1cc(O)cc(O)c1. The van der Waals surface area contributed by atoms with Gasteiger partial charge in [-0.25, -0.2) is 0 Å². The van der Waals surface area contributed by atoms with Gasteiger partial charge in [0.2, 0.25) is 0 Å². The number of nitriles is 1. The maximum Gasteiger partial charge on any atom is 0.119 e. The normalized spacial score (nSPS) is 14.1. The molecule has 1 aromatic carbocycles. The van der Waals surface area contributed by atoms with Crippen molar-refractivity contribution in [2.75, 3.05) is 6.54 Å². The first-order chi connectivity index (χ1) is 7.52. The van der Waals surface area contributed by atoms with Crippen LogP contribution in [0.5, 0.6) is 11.5 Å². The van der Waals surface area contributed by atoms with Gasteiger partial charge in [0, 0.05) is 18.7 Å². The number of hydrogen-bond donors (Lipinski definition) is 3. The maximum absolute atomic E-state index is 9.33. The van der Waals surface area contributed by atoms with E-state index in [2.05, 4.69) is 11.4 Å². The van der Waals surface area contributed by atoms with Crippen molar-refractivity contribution in [1.29, 1.82) is 5.26 Å². The lowest BCUT2D eigenvalue weighted by Gasteiger charge is -2.15. The van der Waals surface area contributed by atoms with Gasteiger partial charge in [-0.1, -0.05) is 0 Å².